The van der Waals surface area contributed by atoms with Gasteiger partial charge in [0, 0.05) is 44.4 Å². The number of aromatic nitrogens is 5. The van der Waals surface area contributed by atoms with Crippen LogP contribution >= 0.6 is 0 Å². The third kappa shape index (κ3) is 3.80. The number of likely N-dealkylation sites (tertiary alicyclic amines) is 1. The Labute approximate surface area is 162 Å². The summed E-state index contributed by atoms with van der Waals surface area (Å²) in [6, 6.07) is 0.444. The lowest BCUT2D eigenvalue weighted by Crippen LogP contribution is -2.41. The Hall–Kier alpha value is -1.73. The predicted molar refractivity (Wildman–Crippen MR) is 105 cm³/mol. The van der Waals surface area contributed by atoms with Gasteiger partial charge < -0.3 is 4.57 Å². The van der Waals surface area contributed by atoms with E-state index in [9.17, 15) is 0 Å². The number of aryl methyl sites for hydroxylation is 1. The average molecular weight is 372 g/mol. The molecule has 0 aromatic carbocycles. The highest BCUT2D eigenvalue weighted by molar-refractivity contribution is 5.13. The Balaban J connectivity index is 1.43. The summed E-state index contributed by atoms with van der Waals surface area (Å²) < 4.78 is 4.14. The summed E-state index contributed by atoms with van der Waals surface area (Å²) in [5.41, 5.74) is 1.34. The monoisotopic (exact) mass is 371 g/mol. The van der Waals surface area contributed by atoms with Gasteiger partial charge in [-0.1, -0.05) is 6.42 Å². The van der Waals surface area contributed by atoms with Crippen molar-refractivity contribution in [1.82, 2.24) is 34.3 Å². The molecule has 2 aromatic heterocycles. The molecule has 1 saturated heterocycles. The topological polar surface area (TPSA) is 55.0 Å². The second-order valence-electron chi connectivity index (χ2n) is 8.63. The first kappa shape index (κ1) is 18.6. The number of hydrogen-bond acceptors (Lipinski definition) is 5. The molecule has 0 bridgehead atoms. The highest BCUT2D eigenvalue weighted by atomic mass is 15.3. The minimum absolute atomic E-state index is 0.444. The fourth-order valence-electron chi connectivity index (χ4n) is 4.81. The lowest BCUT2D eigenvalue weighted by Gasteiger charge is -2.40. The molecule has 148 valence electrons. The Morgan fingerprint density at radius 1 is 1.11 bits per heavy atom. The summed E-state index contributed by atoms with van der Waals surface area (Å²) in [6.45, 7) is 3.08. The lowest BCUT2D eigenvalue weighted by atomic mass is 9.85. The number of rotatable bonds is 6. The zero-order valence-corrected chi connectivity index (χ0v) is 17.2. The molecule has 2 atom stereocenters. The molecule has 0 spiro atoms. The molecular weight excluding hydrogens is 338 g/mol. The number of piperidine rings is 1. The number of nitrogens with zero attached hydrogens (tertiary/aromatic N) is 7. The first-order valence-corrected chi connectivity index (χ1v) is 10.3. The SMILES string of the molecule is CN(Cc1nnc(C2CCC2)n1C)C[C@@H]1CCCN(C)[C@H]1c1cnn(C)c1. The average Bonchev–Trinajstić information content (AvgIpc) is 3.14. The van der Waals surface area contributed by atoms with Crippen LogP contribution in [0.4, 0.5) is 0 Å². The summed E-state index contributed by atoms with van der Waals surface area (Å²) in [5.74, 6) is 3.50. The Morgan fingerprint density at radius 3 is 2.59 bits per heavy atom. The third-order valence-electron chi connectivity index (χ3n) is 6.50. The van der Waals surface area contributed by atoms with Gasteiger partial charge in [0.1, 0.15) is 11.6 Å². The summed E-state index contributed by atoms with van der Waals surface area (Å²) in [6.07, 6.45) is 10.6. The third-order valence-corrected chi connectivity index (χ3v) is 6.50. The van der Waals surface area contributed by atoms with Crippen LogP contribution in [0.3, 0.4) is 0 Å². The van der Waals surface area contributed by atoms with E-state index in [0.717, 1.165) is 25.5 Å². The van der Waals surface area contributed by atoms with Crippen molar-refractivity contribution in [1.29, 1.82) is 0 Å². The summed E-state index contributed by atoms with van der Waals surface area (Å²) in [4.78, 5) is 4.91. The standard InChI is InChI=1S/C20H33N7/c1-24(14-18-22-23-20(27(18)4)15-7-5-8-15)12-16-9-6-10-25(2)19(16)17-11-21-26(3)13-17/h11,13,15-16,19H,5-10,12,14H2,1-4H3/t16-,19+/m0/s1. The zero-order chi connectivity index (χ0) is 19.0. The second-order valence-corrected chi connectivity index (χ2v) is 8.63. The molecule has 0 unspecified atom stereocenters. The van der Waals surface area contributed by atoms with Gasteiger partial charge in [-0.15, -0.1) is 10.2 Å². The van der Waals surface area contributed by atoms with Gasteiger partial charge >= 0.3 is 0 Å². The van der Waals surface area contributed by atoms with Crippen molar-refractivity contribution in [3.63, 3.8) is 0 Å². The fraction of sp³-hybridized carbons (Fsp3) is 0.750. The lowest BCUT2D eigenvalue weighted by molar-refractivity contribution is 0.0916. The first-order valence-electron chi connectivity index (χ1n) is 10.3. The van der Waals surface area contributed by atoms with Gasteiger partial charge in [0.05, 0.1) is 12.7 Å². The molecular formula is C20H33N7. The molecule has 3 heterocycles. The zero-order valence-electron chi connectivity index (χ0n) is 17.2. The largest absolute Gasteiger partial charge is 0.317 e. The highest BCUT2D eigenvalue weighted by Gasteiger charge is 2.32. The Bertz CT molecular complexity index is 760. The maximum absolute atomic E-state index is 4.49. The normalized spacial score (nSPS) is 24.5. The predicted octanol–water partition coefficient (Wildman–Crippen LogP) is 2.33. The minimum atomic E-state index is 0.444. The van der Waals surface area contributed by atoms with Gasteiger partial charge in [0.15, 0.2) is 0 Å². The van der Waals surface area contributed by atoms with Crippen molar-refractivity contribution < 1.29 is 0 Å². The van der Waals surface area contributed by atoms with Crippen LogP contribution in [0.5, 0.6) is 0 Å². The Morgan fingerprint density at radius 2 is 1.93 bits per heavy atom. The van der Waals surface area contributed by atoms with Gasteiger partial charge in [-0.2, -0.15) is 5.10 Å². The maximum atomic E-state index is 4.49. The van der Waals surface area contributed by atoms with E-state index in [1.165, 1.54) is 43.5 Å². The van der Waals surface area contributed by atoms with Gasteiger partial charge in [-0.25, -0.2) is 0 Å². The van der Waals surface area contributed by atoms with E-state index in [-0.39, 0.29) is 0 Å². The van der Waals surface area contributed by atoms with E-state index in [1.54, 1.807) is 0 Å². The molecule has 0 radical (unpaired) electrons. The molecule has 1 saturated carbocycles. The van der Waals surface area contributed by atoms with Crippen molar-refractivity contribution in [2.75, 3.05) is 27.2 Å². The van der Waals surface area contributed by atoms with Crippen molar-refractivity contribution in [2.45, 2.75) is 50.6 Å². The highest BCUT2D eigenvalue weighted by Crippen LogP contribution is 2.36. The molecule has 7 nitrogen and oxygen atoms in total. The molecule has 2 fully saturated rings. The summed E-state index contributed by atoms with van der Waals surface area (Å²) >= 11 is 0. The molecule has 0 amide bonds. The van der Waals surface area contributed by atoms with Gasteiger partial charge in [0.25, 0.3) is 0 Å². The van der Waals surface area contributed by atoms with E-state index in [2.05, 4.69) is 57.0 Å². The van der Waals surface area contributed by atoms with Gasteiger partial charge in [-0.3, -0.25) is 14.5 Å². The molecule has 2 aliphatic rings. The van der Waals surface area contributed by atoms with Crippen LogP contribution in [-0.2, 0) is 20.6 Å². The second kappa shape index (κ2) is 7.72. The van der Waals surface area contributed by atoms with Gasteiger partial charge in [0.2, 0.25) is 0 Å². The van der Waals surface area contributed by atoms with E-state index in [1.807, 2.05) is 17.9 Å². The Kier molecular flexibility index (Phi) is 5.32. The molecule has 7 heteroatoms. The van der Waals surface area contributed by atoms with Crippen molar-refractivity contribution >= 4 is 0 Å². The van der Waals surface area contributed by atoms with Crippen molar-refractivity contribution in [3.8, 4) is 0 Å². The molecule has 0 N–H and O–H groups in total. The smallest absolute Gasteiger partial charge is 0.146 e. The number of hydrogen-bond donors (Lipinski definition) is 0. The van der Waals surface area contributed by atoms with Crippen molar-refractivity contribution in [3.05, 3.63) is 29.6 Å². The molecule has 2 aromatic rings. The van der Waals surface area contributed by atoms with Crippen LogP contribution in [0.25, 0.3) is 0 Å². The van der Waals surface area contributed by atoms with Crippen LogP contribution in [0.1, 0.15) is 61.3 Å². The fourth-order valence-corrected chi connectivity index (χ4v) is 4.81. The maximum Gasteiger partial charge on any atom is 0.146 e. The molecule has 1 aliphatic carbocycles. The molecule has 27 heavy (non-hydrogen) atoms. The molecule has 4 rings (SSSR count). The van der Waals surface area contributed by atoms with Crippen molar-refractivity contribution in [2.24, 2.45) is 20.0 Å². The minimum Gasteiger partial charge on any atom is -0.317 e. The van der Waals surface area contributed by atoms with E-state index in [4.69, 9.17) is 0 Å². The van der Waals surface area contributed by atoms with Crippen LogP contribution in [0.2, 0.25) is 0 Å². The van der Waals surface area contributed by atoms with E-state index >= 15 is 0 Å². The van der Waals surface area contributed by atoms with E-state index in [0.29, 0.717) is 17.9 Å². The van der Waals surface area contributed by atoms with Gasteiger partial charge in [-0.05, 0) is 52.2 Å². The first-order chi connectivity index (χ1) is 13.0. The van der Waals surface area contributed by atoms with Crippen LogP contribution < -0.4 is 0 Å². The quantitative estimate of drug-likeness (QED) is 0.780. The van der Waals surface area contributed by atoms with Crippen LogP contribution in [0.15, 0.2) is 12.4 Å². The molecule has 1 aliphatic heterocycles. The van der Waals surface area contributed by atoms with Crippen LogP contribution in [-0.4, -0.2) is 61.5 Å². The van der Waals surface area contributed by atoms with E-state index < -0.39 is 0 Å². The van der Waals surface area contributed by atoms with Crippen LogP contribution in [0, 0.1) is 5.92 Å². The summed E-state index contributed by atoms with van der Waals surface area (Å²) in [5, 5.41) is 13.4. The summed E-state index contributed by atoms with van der Waals surface area (Å²) in [7, 11) is 8.59.